The van der Waals surface area contributed by atoms with Crippen LogP contribution < -0.4 is 10.7 Å². The Labute approximate surface area is 165 Å². The van der Waals surface area contributed by atoms with Gasteiger partial charge in [0.15, 0.2) is 5.11 Å². The summed E-state index contributed by atoms with van der Waals surface area (Å²) >= 11 is 5.36. The van der Waals surface area contributed by atoms with Crippen molar-refractivity contribution in [2.75, 3.05) is 5.32 Å². The Morgan fingerprint density at radius 1 is 1.00 bits per heavy atom. The minimum atomic E-state index is 0.472. The molecule has 3 rings (SSSR count). The number of hydrogen-bond donors (Lipinski definition) is 2. The second kappa shape index (κ2) is 8.64. The molecule has 0 saturated heterocycles. The quantitative estimate of drug-likeness (QED) is 0.382. The van der Waals surface area contributed by atoms with Crippen LogP contribution in [0.2, 0.25) is 0 Å². The Morgan fingerprint density at radius 2 is 1.70 bits per heavy atom. The van der Waals surface area contributed by atoms with Crippen LogP contribution in [0.15, 0.2) is 65.9 Å². The molecule has 0 unspecified atom stereocenters. The van der Waals surface area contributed by atoms with Crippen LogP contribution in [0.4, 0.5) is 5.69 Å². The fraction of sp³-hybridized carbons (Fsp3) is 0.182. The van der Waals surface area contributed by atoms with Crippen molar-refractivity contribution < 1.29 is 0 Å². The SMILES string of the molecule is Cc1ccc(Cn2cccc2/C=N/NC(=S)Nc2c(C)cccc2C)cc1. The first kappa shape index (κ1) is 18.9. The van der Waals surface area contributed by atoms with E-state index in [0.29, 0.717) is 5.11 Å². The van der Waals surface area contributed by atoms with Gasteiger partial charge in [0.05, 0.1) is 11.9 Å². The van der Waals surface area contributed by atoms with Crippen LogP contribution in [0.3, 0.4) is 0 Å². The molecule has 1 aromatic heterocycles. The third-order valence-electron chi connectivity index (χ3n) is 4.42. The molecule has 3 aromatic rings. The van der Waals surface area contributed by atoms with E-state index < -0.39 is 0 Å². The van der Waals surface area contributed by atoms with E-state index in [1.165, 1.54) is 11.1 Å². The second-order valence-corrected chi connectivity index (χ2v) is 7.05. The lowest BCUT2D eigenvalue weighted by Crippen LogP contribution is -2.24. The lowest BCUT2D eigenvalue weighted by Gasteiger charge is -2.12. The summed E-state index contributed by atoms with van der Waals surface area (Å²) in [4.78, 5) is 0. The fourth-order valence-corrected chi connectivity index (χ4v) is 3.04. The molecule has 0 fully saturated rings. The zero-order chi connectivity index (χ0) is 19.2. The highest BCUT2D eigenvalue weighted by Gasteiger charge is 2.04. The van der Waals surface area contributed by atoms with Gasteiger partial charge < -0.3 is 9.88 Å². The molecule has 0 aliphatic rings. The molecule has 5 heteroatoms. The third-order valence-corrected chi connectivity index (χ3v) is 4.61. The van der Waals surface area contributed by atoms with Gasteiger partial charge in [0, 0.05) is 18.4 Å². The molecule has 0 saturated carbocycles. The standard InChI is InChI=1S/C22H24N4S/c1-16-9-11-19(12-10-16)15-26-13-5-8-20(26)14-23-25-22(27)24-21-17(2)6-4-7-18(21)3/h4-14H,15H2,1-3H3,(H2,24,25,27)/b23-14+. The Morgan fingerprint density at radius 3 is 2.41 bits per heavy atom. The molecule has 0 amide bonds. The molecule has 0 radical (unpaired) electrons. The van der Waals surface area contributed by atoms with Crippen molar-refractivity contribution in [2.45, 2.75) is 27.3 Å². The fourth-order valence-electron chi connectivity index (χ4n) is 2.89. The lowest BCUT2D eigenvalue weighted by molar-refractivity contribution is 0.798. The van der Waals surface area contributed by atoms with Crippen molar-refractivity contribution in [1.82, 2.24) is 9.99 Å². The van der Waals surface area contributed by atoms with Crippen LogP contribution in [0.25, 0.3) is 0 Å². The number of aryl methyl sites for hydroxylation is 3. The molecule has 2 N–H and O–H groups in total. The van der Waals surface area contributed by atoms with E-state index in [1.54, 1.807) is 6.21 Å². The first-order valence-electron chi connectivity index (χ1n) is 8.90. The molecule has 0 aliphatic heterocycles. The molecule has 0 spiro atoms. The lowest BCUT2D eigenvalue weighted by atomic mass is 10.1. The number of nitrogens with one attached hydrogen (secondary N) is 2. The molecule has 1 heterocycles. The number of hydrogen-bond acceptors (Lipinski definition) is 2. The molecule has 138 valence electrons. The van der Waals surface area contributed by atoms with Crippen molar-refractivity contribution >= 4 is 29.2 Å². The molecule has 2 aromatic carbocycles. The smallest absolute Gasteiger partial charge is 0.191 e. The highest BCUT2D eigenvalue weighted by atomic mass is 32.1. The summed E-state index contributed by atoms with van der Waals surface area (Å²) in [6.45, 7) is 7.01. The number of hydrazone groups is 1. The van der Waals surface area contributed by atoms with Gasteiger partial charge in [-0.3, -0.25) is 5.43 Å². The van der Waals surface area contributed by atoms with Crippen LogP contribution in [0.1, 0.15) is 27.9 Å². The van der Waals surface area contributed by atoms with Crippen molar-refractivity contribution in [3.8, 4) is 0 Å². The Kier molecular flexibility index (Phi) is 6.04. The Hall–Kier alpha value is -2.92. The average molecular weight is 377 g/mol. The molecule has 27 heavy (non-hydrogen) atoms. The number of thiocarbonyl (C=S) groups is 1. The second-order valence-electron chi connectivity index (χ2n) is 6.64. The Bertz CT molecular complexity index is 934. The predicted octanol–water partition coefficient (Wildman–Crippen LogP) is 4.78. The average Bonchev–Trinajstić information content (AvgIpc) is 3.07. The van der Waals surface area contributed by atoms with Gasteiger partial charge in [0.1, 0.15) is 0 Å². The molecule has 4 nitrogen and oxygen atoms in total. The number of nitrogens with zero attached hydrogens (tertiary/aromatic N) is 2. The molecule has 0 aliphatic carbocycles. The summed E-state index contributed by atoms with van der Waals surface area (Å²) in [7, 11) is 0. The monoisotopic (exact) mass is 376 g/mol. The van der Waals surface area contributed by atoms with Gasteiger partial charge in [-0.2, -0.15) is 5.10 Å². The van der Waals surface area contributed by atoms with Gasteiger partial charge in [-0.15, -0.1) is 0 Å². The van der Waals surface area contributed by atoms with E-state index in [4.69, 9.17) is 12.2 Å². The van der Waals surface area contributed by atoms with E-state index in [0.717, 1.165) is 29.1 Å². The molecule has 0 atom stereocenters. The van der Waals surface area contributed by atoms with Gasteiger partial charge in [0.25, 0.3) is 0 Å². The number of aromatic nitrogens is 1. The normalized spacial score (nSPS) is 10.9. The van der Waals surface area contributed by atoms with Crippen LogP contribution >= 0.6 is 12.2 Å². The Balaban J connectivity index is 1.61. The minimum Gasteiger partial charge on any atom is -0.342 e. The summed E-state index contributed by atoms with van der Waals surface area (Å²) in [6, 6.07) is 18.8. The van der Waals surface area contributed by atoms with Gasteiger partial charge >= 0.3 is 0 Å². The van der Waals surface area contributed by atoms with Crippen molar-refractivity contribution in [3.05, 3.63) is 88.7 Å². The van der Waals surface area contributed by atoms with E-state index in [1.807, 2.05) is 18.2 Å². The van der Waals surface area contributed by atoms with E-state index in [9.17, 15) is 0 Å². The van der Waals surface area contributed by atoms with Crippen molar-refractivity contribution in [2.24, 2.45) is 5.10 Å². The maximum absolute atomic E-state index is 5.36. The zero-order valence-corrected chi connectivity index (χ0v) is 16.7. The number of benzene rings is 2. The first-order chi connectivity index (χ1) is 13.0. The number of para-hydroxylation sites is 1. The zero-order valence-electron chi connectivity index (χ0n) is 15.9. The molecular weight excluding hydrogens is 352 g/mol. The minimum absolute atomic E-state index is 0.472. The largest absolute Gasteiger partial charge is 0.342 e. The van der Waals surface area contributed by atoms with E-state index in [-0.39, 0.29) is 0 Å². The van der Waals surface area contributed by atoms with Crippen LogP contribution in [-0.4, -0.2) is 15.9 Å². The highest BCUT2D eigenvalue weighted by Crippen LogP contribution is 2.19. The van der Waals surface area contributed by atoms with Crippen LogP contribution in [0, 0.1) is 20.8 Å². The number of anilines is 1. The molecule has 0 bridgehead atoms. The van der Waals surface area contributed by atoms with Crippen molar-refractivity contribution in [3.63, 3.8) is 0 Å². The summed E-state index contributed by atoms with van der Waals surface area (Å²) in [6.07, 6.45) is 3.83. The van der Waals surface area contributed by atoms with Crippen molar-refractivity contribution in [1.29, 1.82) is 0 Å². The summed E-state index contributed by atoms with van der Waals surface area (Å²) in [5.74, 6) is 0. The van der Waals surface area contributed by atoms with Crippen LogP contribution in [-0.2, 0) is 6.54 Å². The van der Waals surface area contributed by atoms with Crippen LogP contribution in [0.5, 0.6) is 0 Å². The van der Waals surface area contributed by atoms with Gasteiger partial charge in [-0.05, 0) is 61.8 Å². The van der Waals surface area contributed by atoms with Gasteiger partial charge in [-0.25, -0.2) is 0 Å². The summed E-state index contributed by atoms with van der Waals surface area (Å²) in [5.41, 5.74) is 9.75. The van der Waals surface area contributed by atoms with Gasteiger partial charge in [-0.1, -0.05) is 48.0 Å². The van der Waals surface area contributed by atoms with E-state index in [2.05, 4.69) is 83.8 Å². The first-order valence-corrected chi connectivity index (χ1v) is 9.31. The number of rotatable bonds is 5. The maximum Gasteiger partial charge on any atom is 0.191 e. The topological polar surface area (TPSA) is 41.4 Å². The van der Waals surface area contributed by atoms with Gasteiger partial charge in [0.2, 0.25) is 0 Å². The third kappa shape index (κ3) is 5.05. The molecular formula is C22H24N4S. The summed E-state index contributed by atoms with van der Waals surface area (Å²) in [5, 5.41) is 7.98. The maximum atomic E-state index is 5.36. The highest BCUT2D eigenvalue weighted by molar-refractivity contribution is 7.80. The predicted molar refractivity (Wildman–Crippen MR) is 118 cm³/mol. The summed E-state index contributed by atoms with van der Waals surface area (Å²) < 4.78 is 2.15. The van der Waals surface area contributed by atoms with E-state index >= 15 is 0 Å².